The minimum atomic E-state index is 0.116. The highest BCUT2D eigenvalue weighted by molar-refractivity contribution is 5.43. The van der Waals surface area contributed by atoms with Crippen LogP contribution in [-0.4, -0.2) is 29.7 Å². The van der Waals surface area contributed by atoms with Crippen molar-refractivity contribution in [2.45, 2.75) is 132 Å². The van der Waals surface area contributed by atoms with Gasteiger partial charge in [0.05, 0.1) is 18.6 Å². The Morgan fingerprint density at radius 3 is 2.28 bits per heavy atom. The lowest BCUT2D eigenvalue weighted by Gasteiger charge is -2.30. The fraction of sp³-hybridized carbons (Fsp3) is 0.581. The molecule has 260 valence electrons. The lowest BCUT2D eigenvalue weighted by molar-refractivity contribution is 0.0900. The van der Waals surface area contributed by atoms with E-state index in [-0.39, 0.29) is 6.10 Å². The number of terminal acetylenes is 1. The van der Waals surface area contributed by atoms with E-state index in [1.165, 1.54) is 66.7 Å². The normalized spacial score (nSPS) is 23.6. The topological polar surface area (TPSA) is 44.6 Å². The zero-order valence-electron chi connectivity index (χ0n) is 31.1. The Morgan fingerprint density at radius 1 is 0.936 bits per heavy atom. The van der Waals surface area contributed by atoms with Gasteiger partial charge in [-0.25, -0.2) is 0 Å². The van der Waals surface area contributed by atoms with Crippen molar-refractivity contribution < 1.29 is 14.6 Å². The fourth-order valence-corrected chi connectivity index (χ4v) is 6.69. The molecule has 0 saturated heterocycles. The highest BCUT2D eigenvalue weighted by Crippen LogP contribution is 2.44. The number of hydrogen-bond donors (Lipinski definition) is 0. The van der Waals surface area contributed by atoms with Crippen LogP contribution in [-0.2, 0) is 4.74 Å². The van der Waals surface area contributed by atoms with Crippen molar-refractivity contribution in [2.24, 2.45) is 11.8 Å². The molecule has 2 N–H and O–H groups in total. The minimum absolute atomic E-state index is 0.116. The molecule has 1 aromatic rings. The highest BCUT2D eigenvalue weighted by atomic mass is 16.5. The van der Waals surface area contributed by atoms with Gasteiger partial charge in [-0.05, 0) is 109 Å². The second-order valence-corrected chi connectivity index (χ2v) is 12.4. The van der Waals surface area contributed by atoms with E-state index >= 15 is 0 Å². The molecule has 3 atom stereocenters. The van der Waals surface area contributed by atoms with Crippen LogP contribution in [0.15, 0.2) is 82.5 Å². The average Bonchev–Trinajstić information content (AvgIpc) is 3.29. The summed E-state index contributed by atoms with van der Waals surface area (Å²) in [5.41, 5.74) is 6.98. The van der Waals surface area contributed by atoms with Crippen LogP contribution in [0.3, 0.4) is 0 Å². The van der Waals surface area contributed by atoms with Crippen molar-refractivity contribution in [2.75, 3.05) is 19.7 Å². The van der Waals surface area contributed by atoms with Crippen LogP contribution in [0.4, 0.5) is 0 Å². The largest absolute Gasteiger partial charge is 0.596 e. The first kappa shape index (κ1) is 39.9. The van der Waals surface area contributed by atoms with Gasteiger partial charge in [-0.1, -0.05) is 76.1 Å². The van der Waals surface area contributed by atoms with Gasteiger partial charge in [0, 0.05) is 30.3 Å². The number of hydrogen-bond acceptors (Lipinski definition) is 3. The molecular weight excluding hydrogens is 578 g/mol. The van der Waals surface area contributed by atoms with Crippen LogP contribution in [0.1, 0.15) is 138 Å². The first-order valence-electron chi connectivity index (χ1n) is 18.7. The van der Waals surface area contributed by atoms with Crippen LogP contribution >= 0.6 is 0 Å². The van der Waals surface area contributed by atoms with Gasteiger partial charge in [0.15, 0.2) is 0 Å². The summed E-state index contributed by atoms with van der Waals surface area (Å²) in [7, 11) is 0. The first-order valence-corrected chi connectivity index (χ1v) is 18.7. The third-order valence-electron chi connectivity index (χ3n) is 9.24. The molecule has 4 nitrogen and oxygen atoms in total. The Balaban J connectivity index is 0.000000324. The van der Waals surface area contributed by atoms with Gasteiger partial charge in [0.25, 0.3) is 0 Å². The van der Waals surface area contributed by atoms with E-state index in [0.717, 1.165) is 63.3 Å². The predicted molar refractivity (Wildman–Crippen MR) is 202 cm³/mol. The molecule has 4 heteroatoms. The molecule has 0 spiro atoms. The van der Waals surface area contributed by atoms with Crippen molar-refractivity contribution in [1.29, 1.82) is 0 Å². The molecule has 0 radical (unpaired) electrons. The Bertz CT molecular complexity index is 1260. The van der Waals surface area contributed by atoms with Gasteiger partial charge in [-0.15, -0.1) is 12.3 Å². The molecule has 2 bridgehead atoms. The third-order valence-corrected chi connectivity index (χ3v) is 9.24. The number of nitrogens with zero attached hydrogens (tertiary/aromatic N) is 1. The number of fused-ring (bicyclic) bond motifs is 5. The zero-order chi connectivity index (χ0) is 34.6. The summed E-state index contributed by atoms with van der Waals surface area (Å²) in [4.78, 5) is 2.29. The molecule has 47 heavy (non-hydrogen) atoms. The Hall–Kier alpha value is -3.32. The fourth-order valence-electron chi connectivity index (χ4n) is 6.69. The smallest absolute Gasteiger partial charge is 0.234 e. The van der Waals surface area contributed by atoms with Gasteiger partial charge in [-0.2, -0.15) is 0 Å². The van der Waals surface area contributed by atoms with E-state index in [0.29, 0.717) is 11.8 Å². The van der Waals surface area contributed by atoms with Crippen molar-refractivity contribution in [3.63, 3.8) is 0 Å². The average molecular weight is 645 g/mol. The van der Waals surface area contributed by atoms with Gasteiger partial charge < -0.3 is 19.5 Å². The lowest BCUT2D eigenvalue weighted by atomic mass is 9.85. The van der Waals surface area contributed by atoms with Crippen LogP contribution in [0.25, 0.3) is 0 Å². The SMILES string of the molecule is C#CC.C(=C1CCCCC1)C1=C2OC3CC(C/C=C\2CCC1)COc1ccccc13.CC.CC.CCN(CC)C1=CCC(C)C([OH2+])=C1. The Morgan fingerprint density at radius 2 is 1.62 bits per heavy atom. The molecule has 2 aliphatic heterocycles. The first-order chi connectivity index (χ1) is 23.0. The summed E-state index contributed by atoms with van der Waals surface area (Å²) in [6, 6.07) is 8.47. The maximum atomic E-state index is 7.75. The standard InChI is InChI=1S/C25H30O2.C11H19NO.C3H4.2C2H6/c1-2-7-18(8-3-1)15-21-10-6-9-20-14-13-19-16-24(27-25(20)21)22-11-4-5-12-23(22)26-17-19;1-4-12(5-2)10-7-6-9(3)11(13)8-10;1-3-2;2*1-2/h4-5,11-12,14-15,19,24H,1-3,6-10,13,16-17H2;7-9,13H,4-6H2,1-3H3;1H,2H3;2*1-2H3/p+1/b20-14-;;;;. The van der Waals surface area contributed by atoms with E-state index in [9.17, 15) is 0 Å². The molecule has 0 aromatic heterocycles. The lowest BCUT2D eigenvalue weighted by Crippen LogP contribution is -2.23. The summed E-state index contributed by atoms with van der Waals surface area (Å²) >= 11 is 0. The molecule has 3 unspecified atom stereocenters. The number of ether oxygens (including phenoxy) is 2. The monoisotopic (exact) mass is 645 g/mol. The minimum Gasteiger partial charge on any atom is -0.596 e. The molecule has 1 saturated carbocycles. The number of rotatable bonds is 4. The molecule has 5 aliphatic rings. The number of allylic oxidation sites excluding steroid dienone is 8. The van der Waals surface area contributed by atoms with Crippen molar-refractivity contribution in [3.8, 4) is 18.1 Å². The van der Waals surface area contributed by atoms with Crippen molar-refractivity contribution in [1.82, 2.24) is 4.90 Å². The quantitative estimate of drug-likeness (QED) is 0.242. The van der Waals surface area contributed by atoms with E-state index in [4.69, 9.17) is 14.6 Å². The summed E-state index contributed by atoms with van der Waals surface area (Å²) in [5, 5.41) is 7.75. The van der Waals surface area contributed by atoms with E-state index in [1.807, 2.05) is 33.8 Å². The molecule has 0 amide bonds. The zero-order valence-corrected chi connectivity index (χ0v) is 31.1. The van der Waals surface area contributed by atoms with Crippen LogP contribution < -0.4 is 4.74 Å². The van der Waals surface area contributed by atoms with Crippen LogP contribution in [0.2, 0.25) is 0 Å². The maximum Gasteiger partial charge on any atom is 0.234 e. The van der Waals surface area contributed by atoms with Crippen LogP contribution in [0.5, 0.6) is 5.75 Å². The Kier molecular flexibility index (Phi) is 18.9. The van der Waals surface area contributed by atoms with Crippen molar-refractivity contribution in [3.05, 3.63) is 88.1 Å². The van der Waals surface area contributed by atoms with Gasteiger partial charge in [0.2, 0.25) is 5.76 Å². The van der Waals surface area contributed by atoms with Gasteiger partial charge in [0.1, 0.15) is 17.6 Å². The number of likely N-dealkylation sites (N-methyl/N-ethyl adjacent to an activating group) is 1. The molecule has 6 rings (SSSR count). The summed E-state index contributed by atoms with van der Waals surface area (Å²) < 4.78 is 13.0. The molecular formula is C43H66NO3+. The number of benzene rings is 1. The van der Waals surface area contributed by atoms with E-state index in [2.05, 4.69) is 80.5 Å². The second-order valence-electron chi connectivity index (χ2n) is 12.4. The van der Waals surface area contributed by atoms with Gasteiger partial charge in [-0.3, -0.25) is 0 Å². The second kappa shape index (κ2) is 22.3. The summed E-state index contributed by atoms with van der Waals surface area (Å²) in [6.07, 6.45) is 27.3. The third kappa shape index (κ3) is 12.0. The highest BCUT2D eigenvalue weighted by Gasteiger charge is 2.31. The van der Waals surface area contributed by atoms with Crippen molar-refractivity contribution >= 4 is 0 Å². The van der Waals surface area contributed by atoms with Gasteiger partial charge >= 0.3 is 0 Å². The van der Waals surface area contributed by atoms with Crippen LogP contribution in [0, 0.1) is 24.2 Å². The number of para-hydroxylation sites is 1. The molecule has 3 aliphatic carbocycles. The molecule has 1 fully saturated rings. The molecule has 2 heterocycles. The molecule has 1 aromatic carbocycles. The maximum absolute atomic E-state index is 7.75. The van der Waals surface area contributed by atoms with E-state index < -0.39 is 0 Å². The predicted octanol–water partition coefficient (Wildman–Crippen LogP) is 11.4. The summed E-state index contributed by atoms with van der Waals surface area (Å²) in [6.45, 7) is 18.9. The van der Waals surface area contributed by atoms with E-state index in [1.54, 1.807) is 12.5 Å². The summed E-state index contributed by atoms with van der Waals surface area (Å²) in [5.74, 6) is 6.17. The Labute approximate surface area is 288 Å².